The lowest BCUT2D eigenvalue weighted by molar-refractivity contribution is 0.226. The van der Waals surface area contributed by atoms with Gasteiger partial charge < -0.3 is 14.4 Å². The largest absolute Gasteiger partial charge is 0.492 e. The van der Waals surface area contributed by atoms with Crippen LogP contribution in [-0.2, 0) is 0 Å². The summed E-state index contributed by atoms with van der Waals surface area (Å²) < 4.78 is 0. The first-order valence-electron chi connectivity index (χ1n) is 6.74. The molecule has 0 aliphatic heterocycles. The highest BCUT2D eigenvalue weighted by atomic mass is 28.4. The summed E-state index contributed by atoms with van der Waals surface area (Å²) in [6, 6.07) is 0.159. The van der Waals surface area contributed by atoms with Crippen LogP contribution in [0.25, 0.3) is 10.4 Å². The highest BCUT2D eigenvalue weighted by molar-refractivity contribution is 6.56. The molecular weight excluding hydrogens is 250 g/mol. The Morgan fingerprint density at radius 3 is 1.67 bits per heavy atom. The number of nitrogens with zero attached hydrogens (tertiary/aromatic N) is 3. The molecule has 106 valence electrons. The van der Waals surface area contributed by atoms with Crippen LogP contribution in [0.5, 0.6) is 0 Å². The van der Waals surface area contributed by atoms with Gasteiger partial charge in [0.05, 0.1) is 0 Å². The number of rotatable bonds is 12. The van der Waals surface area contributed by atoms with Crippen molar-refractivity contribution in [3.63, 3.8) is 0 Å². The van der Waals surface area contributed by atoms with Crippen molar-refractivity contribution < 1.29 is 14.4 Å². The molecule has 18 heavy (non-hydrogen) atoms. The molecule has 3 N–H and O–H groups in total. The van der Waals surface area contributed by atoms with Crippen molar-refractivity contribution in [1.82, 2.24) is 0 Å². The maximum absolute atomic E-state index is 8.80. The first-order valence-corrected chi connectivity index (χ1v) is 8.79. The van der Waals surface area contributed by atoms with Crippen molar-refractivity contribution in [3.05, 3.63) is 10.4 Å². The highest BCUT2D eigenvalue weighted by Gasteiger charge is 2.25. The SMILES string of the molecule is [N-]=[N+]=NCCCCCCCCCCC[Si](O)(O)O. The molecule has 0 aromatic heterocycles. The van der Waals surface area contributed by atoms with Gasteiger partial charge in [-0.25, -0.2) is 0 Å². The predicted octanol–water partition coefficient (Wildman–Crippen LogP) is 2.72. The van der Waals surface area contributed by atoms with Crippen molar-refractivity contribution in [3.8, 4) is 0 Å². The fourth-order valence-corrected chi connectivity index (χ4v) is 2.55. The molecule has 0 aliphatic carbocycles. The van der Waals surface area contributed by atoms with Crippen LogP contribution < -0.4 is 0 Å². The second-order valence-electron chi connectivity index (χ2n) is 4.66. The molecule has 0 amide bonds. The topological polar surface area (TPSA) is 109 Å². The first-order chi connectivity index (χ1) is 8.56. The van der Waals surface area contributed by atoms with Crippen LogP contribution in [0.4, 0.5) is 0 Å². The lowest BCUT2D eigenvalue weighted by atomic mass is 10.1. The van der Waals surface area contributed by atoms with Crippen LogP contribution in [0.2, 0.25) is 6.04 Å². The van der Waals surface area contributed by atoms with E-state index in [1.165, 1.54) is 19.3 Å². The number of unbranched alkanes of at least 4 members (excludes halogenated alkanes) is 8. The van der Waals surface area contributed by atoms with Gasteiger partial charge in [-0.3, -0.25) is 0 Å². The molecule has 0 radical (unpaired) electrons. The van der Waals surface area contributed by atoms with E-state index in [9.17, 15) is 0 Å². The molecule has 0 saturated heterocycles. The smallest absolute Gasteiger partial charge is 0.390 e. The lowest BCUT2D eigenvalue weighted by Gasteiger charge is -2.08. The monoisotopic (exact) mass is 275 g/mol. The summed E-state index contributed by atoms with van der Waals surface area (Å²) >= 11 is 0. The van der Waals surface area contributed by atoms with Gasteiger partial charge in [-0.2, -0.15) is 0 Å². The van der Waals surface area contributed by atoms with Gasteiger partial charge in [-0.1, -0.05) is 50.1 Å². The van der Waals surface area contributed by atoms with E-state index < -0.39 is 8.80 Å². The molecule has 0 bridgehead atoms. The Bertz CT molecular complexity index is 240. The van der Waals surface area contributed by atoms with Crippen molar-refractivity contribution in [2.24, 2.45) is 5.11 Å². The van der Waals surface area contributed by atoms with Crippen molar-refractivity contribution in [1.29, 1.82) is 0 Å². The minimum Gasteiger partial charge on any atom is -0.390 e. The summed E-state index contributed by atoms with van der Waals surface area (Å²) in [7, 11) is -3.79. The third kappa shape index (κ3) is 15.4. The average molecular weight is 275 g/mol. The predicted molar refractivity (Wildman–Crippen MR) is 72.8 cm³/mol. The Morgan fingerprint density at radius 1 is 0.778 bits per heavy atom. The van der Waals surface area contributed by atoms with E-state index >= 15 is 0 Å². The minimum atomic E-state index is -3.79. The van der Waals surface area contributed by atoms with Crippen molar-refractivity contribution in [2.75, 3.05) is 6.54 Å². The molecule has 7 heteroatoms. The zero-order valence-corrected chi connectivity index (χ0v) is 12.0. The van der Waals surface area contributed by atoms with E-state index in [0.717, 1.165) is 32.1 Å². The molecule has 0 fully saturated rings. The van der Waals surface area contributed by atoms with Gasteiger partial charge in [0.1, 0.15) is 0 Å². The fraction of sp³-hybridized carbons (Fsp3) is 1.00. The maximum atomic E-state index is 8.80. The standard InChI is InChI=1S/C11H25N3O3Si/c12-14-13-10-8-6-4-2-1-3-5-7-9-11-18(15,16)17/h15-17H,1-11H2. The molecule has 0 saturated carbocycles. The second kappa shape index (κ2) is 11.5. The molecule has 0 aromatic carbocycles. The number of hydrogen-bond donors (Lipinski definition) is 3. The molecule has 0 atom stereocenters. The van der Waals surface area contributed by atoms with E-state index in [2.05, 4.69) is 10.0 Å². The Labute approximate surface area is 110 Å². The average Bonchev–Trinajstić information content (AvgIpc) is 2.29. The van der Waals surface area contributed by atoms with Gasteiger partial charge in [-0.05, 0) is 18.4 Å². The van der Waals surface area contributed by atoms with E-state index in [1.807, 2.05) is 0 Å². The van der Waals surface area contributed by atoms with Crippen LogP contribution in [0, 0.1) is 0 Å². The van der Waals surface area contributed by atoms with Gasteiger partial charge in [0, 0.05) is 17.5 Å². The number of hydrogen-bond acceptors (Lipinski definition) is 4. The Morgan fingerprint density at radius 2 is 1.22 bits per heavy atom. The number of azide groups is 1. The Kier molecular flexibility index (Phi) is 11.1. The molecule has 6 nitrogen and oxygen atoms in total. The van der Waals surface area contributed by atoms with Gasteiger partial charge in [-0.15, -0.1) is 0 Å². The Balaban J connectivity index is 3.05. The summed E-state index contributed by atoms with van der Waals surface area (Å²) in [5.74, 6) is 0. The van der Waals surface area contributed by atoms with Gasteiger partial charge in [0.2, 0.25) is 0 Å². The maximum Gasteiger partial charge on any atom is 0.492 e. The fourth-order valence-electron chi connectivity index (χ4n) is 1.83. The van der Waals surface area contributed by atoms with Crippen molar-refractivity contribution >= 4 is 8.80 Å². The minimum absolute atomic E-state index is 0.159. The van der Waals surface area contributed by atoms with Crippen LogP contribution >= 0.6 is 0 Å². The highest BCUT2D eigenvalue weighted by Crippen LogP contribution is 2.12. The summed E-state index contributed by atoms with van der Waals surface area (Å²) in [6.45, 7) is 0.603. The lowest BCUT2D eigenvalue weighted by Crippen LogP contribution is -2.33. The normalized spacial score (nSPS) is 11.3. The van der Waals surface area contributed by atoms with Crippen molar-refractivity contribution in [2.45, 2.75) is 63.8 Å². The first kappa shape index (κ1) is 17.4. The molecule has 0 unspecified atom stereocenters. The summed E-state index contributed by atoms with van der Waals surface area (Å²) in [5, 5.41) is 3.48. The molecule has 0 aliphatic rings. The summed E-state index contributed by atoms with van der Waals surface area (Å²) in [5.41, 5.74) is 8.07. The molecule has 0 spiro atoms. The van der Waals surface area contributed by atoms with E-state index in [-0.39, 0.29) is 6.04 Å². The second-order valence-corrected chi connectivity index (χ2v) is 6.71. The van der Waals surface area contributed by atoms with Crippen LogP contribution in [0.3, 0.4) is 0 Å². The zero-order valence-electron chi connectivity index (χ0n) is 11.0. The van der Waals surface area contributed by atoms with E-state index in [1.54, 1.807) is 0 Å². The van der Waals surface area contributed by atoms with Gasteiger partial charge >= 0.3 is 8.80 Å². The van der Waals surface area contributed by atoms with Gasteiger partial charge in [0.25, 0.3) is 0 Å². The molecule has 0 rings (SSSR count). The summed E-state index contributed by atoms with van der Waals surface area (Å²) in [4.78, 5) is 29.1. The molecule has 0 heterocycles. The van der Waals surface area contributed by atoms with E-state index in [4.69, 9.17) is 19.9 Å². The van der Waals surface area contributed by atoms with Crippen LogP contribution in [-0.4, -0.2) is 29.7 Å². The molecular formula is C11H25N3O3Si. The summed E-state index contributed by atoms with van der Waals surface area (Å²) in [6.07, 6.45) is 9.57. The third-order valence-electron chi connectivity index (χ3n) is 2.83. The Hall–Kier alpha value is -0.593. The zero-order chi connectivity index (χ0) is 13.7. The quantitative estimate of drug-likeness (QED) is 0.167. The molecule has 0 aromatic rings. The van der Waals surface area contributed by atoms with E-state index in [0.29, 0.717) is 13.0 Å². The third-order valence-corrected chi connectivity index (χ3v) is 3.86. The van der Waals surface area contributed by atoms with Gasteiger partial charge in [0.15, 0.2) is 0 Å². The van der Waals surface area contributed by atoms with Crippen LogP contribution in [0.1, 0.15) is 57.8 Å². The van der Waals surface area contributed by atoms with Crippen LogP contribution in [0.15, 0.2) is 5.11 Å².